The first kappa shape index (κ1) is 16.2. The van der Waals surface area contributed by atoms with Crippen LogP contribution in [0.15, 0.2) is 54.6 Å². The quantitative estimate of drug-likeness (QED) is 0.849. The second kappa shape index (κ2) is 4.94. The van der Waals surface area contributed by atoms with Gasteiger partial charge < -0.3 is 10.2 Å². The lowest BCUT2D eigenvalue weighted by molar-refractivity contribution is -0.162. The molecule has 0 heterocycles. The highest BCUT2D eigenvalue weighted by Crippen LogP contribution is 2.62. The Bertz CT molecular complexity index is 809. The smallest absolute Gasteiger partial charge is 0.326 e. The summed E-state index contributed by atoms with van der Waals surface area (Å²) in [5.74, 6) is -2.67. The summed E-state index contributed by atoms with van der Waals surface area (Å²) in [5.41, 5.74) is -2.04. The first-order chi connectivity index (χ1) is 11.2. The number of rotatable bonds is 3. The van der Waals surface area contributed by atoms with Crippen LogP contribution in [0.2, 0.25) is 0 Å². The second-order valence-corrected chi connectivity index (χ2v) is 7.02. The van der Waals surface area contributed by atoms with E-state index in [4.69, 9.17) is 0 Å². The molecule has 1 aliphatic rings. The fourth-order valence-electron chi connectivity index (χ4n) is 4.46. The number of carboxylic acids is 2. The number of carboxylic acid groups (broad SMARTS) is 2. The van der Waals surface area contributed by atoms with Crippen molar-refractivity contribution >= 4 is 11.9 Å². The van der Waals surface area contributed by atoms with Gasteiger partial charge in [-0.3, -0.25) is 9.59 Å². The van der Waals surface area contributed by atoms with Crippen molar-refractivity contribution in [1.82, 2.24) is 0 Å². The molecule has 124 valence electrons. The highest BCUT2D eigenvalue weighted by molar-refractivity contribution is 6.09. The van der Waals surface area contributed by atoms with Crippen molar-refractivity contribution in [2.24, 2.45) is 0 Å². The van der Waals surface area contributed by atoms with Crippen molar-refractivity contribution in [3.63, 3.8) is 0 Å². The van der Waals surface area contributed by atoms with Crippen molar-refractivity contribution in [3.8, 4) is 0 Å². The molecule has 0 amide bonds. The third kappa shape index (κ3) is 1.58. The maximum atomic E-state index is 12.4. The van der Waals surface area contributed by atoms with Crippen molar-refractivity contribution in [1.29, 1.82) is 0 Å². The molecule has 4 nitrogen and oxygen atoms in total. The molecule has 1 unspecified atom stereocenters. The Morgan fingerprint density at radius 2 is 1.21 bits per heavy atom. The van der Waals surface area contributed by atoms with E-state index in [1.54, 1.807) is 19.1 Å². The van der Waals surface area contributed by atoms with Gasteiger partial charge in [0.05, 0.1) is 0 Å². The van der Waals surface area contributed by atoms with Crippen LogP contribution in [-0.2, 0) is 25.8 Å². The van der Waals surface area contributed by atoms with Gasteiger partial charge in [0.25, 0.3) is 0 Å². The van der Waals surface area contributed by atoms with Crippen LogP contribution in [0.25, 0.3) is 0 Å². The summed E-state index contributed by atoms with van der Waals surface area (Å²) in [7, 11) is 0. The first-order valence-electron chi connectivity index (χ1n) is 7.84. The maximum Gasteiger partial charge on any atom is 0.326 e. The van der Waals surface area contributed by atoms with Gasteiger partial charge in [-0.15, -0.1) is 0 Å². The Morgan fingerprint density at radius 1 is 0.750 bits per heavy atom. The van der Waals surface area contributed by atoms with E-state index in [2.05, 4.69) is 0 Å². The molecule has 0 fully saturated rings. The van der Waals surface area contributed by atoms with Crippen LogP contribution in [0.3, 0.4) is 0 Å². The average molecular weight is 324 g/mol. The van der Waals surface area contributed by atoms with E-state index in [1.807, 2.05) is 56.3 Å². The van der Waals surface area contributed by atoms with Crippen LogP contribution >= 0.6 is 0 Å². The molecule has 0 bridgehead atoms. The zero-order valence-electron chi connectivity index (χ0n) is 13.9. The Kier molecular flexibility index (Phi) is 3.34. The van der Waals surface area contributed by atoms with E-state index in [0.717, 1.165) is 5.56 Å². The summed E-state index contributed by atoms with van der Waals surface area (Å²) >= 11 is 0. The molecule has 2 N–H and O–H groups in total. The van der Waals surface area contributed by atoms with E-state index >= 15 is 0 Å². The molecule has 3 rings (SSSR count). The fourth-order valence-corrected chi connectivity index (χ4v) is 4.46. The molecule has 24 heavy (non-hydrogen) atoms. The molecular formula is C20H20O4. The summed E-state index contributed by atoms with van der Waals surface area (Å²) in [6, 6.07) is 16.1. The van der Waals surface area contributed by atoms with Crippen LogP contribution in [0.1, 0.15) is 37.5 Å². The van der Waals surface area contributed by atoms with Crippen molar-refractivity contribution in [2.45, 2.75) is 37.0 Å². The van der Waals surface area contributed by atoms with Crippen molar-refractivity contribution < 1.29 is 19.8 Å². The van der Waals surface area contributed by atoms with E-state index in [9.17, 15) is 19.8 Å². The minimum absolute atomic E-state index is 0.362. The highest BCUT2D eigenvalue weighted by Gasteiger charge is 2.72. The predicted molar refractivity (Wildman–Crippen MR) is 90.2 cm³/mol. The van der Waals surface area contributed by atoms with Crippen LogP contribution in [0.4, 0.5) is 0 Å². The highest BCUT2D eigenvalue weighted by atomic mass is 16.4. The Hall–Kier alpha value is -2.62. The van der Waals surface area contributed by atoms with Gasteiger partial charge in [-0.2, -0.15) is 0 Å². The Labute approximate surface area is 140 Å². The zero-order valence-corrected chi connectivity index (χ0v) is 13.9. The van der Waals surface area contributed by atoms with E-state index in [0.29, 0.717) is 11.1 Å². The summed E-state index contributed by atoms with van der Waals surface area (Å²) in [6.45, 7) is 5.60. The van der Waals surface area contributed by atoms with Gasteiger partial charge in [-0.05, 0) is 16.7 Å². The topological polar surface area (TPSA) is 74.6 Å². The number of carbonyl (C=O) groups is 2. The van der Waals surface area contributed by atoms with Gasteiger partial charge in [-0.1, -0.05) is 75.4 Å². The maximum absolute atomic E-state index is 12.4. The van der Waals surface area contributed by atoms with Gasteiger partial charge in [0.15, 0.2) is 5.41 Å². The van der Waals surface area contributed by atoms with Crippen molar-refractivity contribution in [2.75, 3.05) is 0 Å². The van der Waals surface area contributed by atoms with Crippen LogP contribution in [0.5, 0.6) is 0 Å². The van der Waals surface area contributed by atoms with Crippen LogP contribution in [0, 0.1) is 0 Å². The van der Waals surface area contributed by atoms with Gasteiger partial charge in [0.2, 0.25) is 0 Å². The second-order valence-electron chi connectivity index (χ2n) is 7.02. The largest absolute Gasteiger partial charge is 0.480 e. The lowest BCUT2D eigenvalue weighted by Crippen LogP contribution is -2.60. The summed E-state index contributed by atoms with van der Waals surface area (Å²) in [6.07, 6.45) is 0. The first-order valence-corrected chi connectivity index (χ1v) is 7.84. The zero-order chi connectivity index (χ0) is 17.8. The predicted octanol–water partition coefficient (Wildman–Crippen LogP) is 3.34. The number of benzene rings is 2. The van der Waals surface area contributed by atoms with Gasteiger partial charge in [0.1, 0.15) is 0 Å². The normalized spacial score (nSPS) is 23.5. The van der Waals surface area contributed by atoms with Gasteiger partial charge in [0, 0.05) is 10.8 Å². The standard InChI is InChI=1S/C20H20O4/c1-18(2)14-11-7-8-12-15(14)20(16(21)22,17(23)24)19(18,3)13-9-5-4-6-10-13/h4-12H,1-3H3,(H,21,22)(H,23,24). The number of fused-ring (bicyclic) bond motifs is 1. The van der Waals surface area contributed by atoms with E-state index in [-0.39, 0.29) is 0 Å². The fraction of sp³-hybridized carbons (Fsp3) is 0.300. The monoisotopic (exact) mass is 324 g/mol. The summed E-state index contributed by atoms with van der Waals surface area (Å²) < 4.78 is 0. The number of aliphatic carboxylic acids is 2. The molecule has 0 radical (unpaired) electrons. The molecular weight excluding hydrogens is 304 g/mol. The number of hydrogen-bond donors (Lipinski definition) is 2. The average Bonchev–Trinajstić information content (AvgIpc) is 2.71. The molecule has 0 aromatic heterocycles. The SMILES string of the molecule is CC1(C)c2ccccc2C(C(=O)O)(C(=O)O)C1(C)c1ccccc1. The summed E-state index contributed by atoms with van der Waals surface area (Å²) in [5, 5.41) is 20.3. The molecule has 1 aliphatic carbocycles. The van der Waals surface area contributed by atoms with E-state index < -0.39 is 28.2 Å². The lowest BCUT2D eigenvalue weighted by Gasteiger charge is -2.46. The molecule has 0 spiro atoms. The van der Waals surface area contributed by atoms with E-state index in [1.165, 1.54) is 0 Å². The Balaban J connectivity index is 2.52. The third-order valence-corrected chi connectivity index (χ3v) is 6.00. The van der Waals surface area contributed by atoms with Crippen molar-refractivity contribution in [3.05, 3.63) is 71.3 Å². The minimum Gasteiger partial charge on any atom is -0.480 e. The number of hydrogen-bond acceptors (Lipinski definition) is 2. The lowest BCUT2D eigenvalue weighted by atomic mass is 9.53. The molecule has 0 saturated heterocycles. The molecule has 0 saturated carbocycles. The van der Waals surface area contributed by atoms with Gasteiger partial charge >= 0.3 is 11.9 Å². The van der Waals surface area contributed by atoms with Gasteiger partial charge in [-0.25, -0.2) is 0 Å². The molecule has 4 heteroatoms. The Morgan fingerprint density at radius 3 is 1.71 bits per heavy atom. The molecule has 2 aromatic rings. The molecule has 2 aromatic carbocycles. The minimum atomic E-state index is -2.05. The molecule has 0 aliphatic heterocycles. The summed E-state index contributed by atoms with van der Waals surface area (Å²) in [4.78, 5) is 24.8. The van der Waals surface area contributed by atoms with Crippen LogP contribution < -0.4 is 0 Å². The molecule has 1 atom stereocenters. The van der Waals surface area contributed by atoms with Crippen LogP contribution in [-0.4, -0.2) is 22.2 Å². The third-order valence-electron chi connectivity index (χ3n) is 6.00.